The fraction of sp³-hybridized carbons (Fsp3) is 0.417. The molecule has 1 aliphatic heterocycles. The zero-order chi connectivity index (χ0) is 12.4. The monoisotopic (exact) mass is 254 g/mol. The lowest BCUT2D eigenvalue weighted by Gasteiger charge is -2.34. The summed E-state index contributed by atoms with van der Waals surface area (Å²) in [5.74, 6) is 0. The molecule has 1 atom stereocenters. The number of anilines is 1. The first-order chi connectivity index (χ1) is 8.13. The van der Waals surface area contributed by atoms with Gasteiger partial charge in [0.15, 0.2) is 0 Å². The van der Waals surface area contributed by atoms with E-state index in [2.05, 4.69) is 0 Å². The SMILES string of the molecule is Cc1ccc(N2C(=O)OCCC2CN)cc1Cl. The van der Waals surface area contributed by atoms with Crippen LogP contribution in [0.1, 0.15) is 12.0 Å². The average molecular weight is 255 g/mol. The standard InChI is InChI=1S/C12H15ClN2O2/c1-8-2-3-9(6-11(8)13)15-10(7-14)4-5-17-12(15)16/h2-3,6,10H,4-5,7,14H2,1H3. The van der Waals surface area contributed by atoms with Gasteiger partial charge in [0, 0.05) is 23.7 Å². The Labute approximate surface area is 105 Å². The zero-order valence-corrected chi connectivity index (χ0v) is 10.4. The van der Waals surface area contributed by atoms with Gasteiger partial charge in [0.2, 0.25) is 0 Å². The molecule has 92 valence electrons. The van der Waals surface area contributed by atoms with Crippen LogP contribution < -0.4 is 10.6 Å². The number of amides is 1. The van der Waals surface area contributed by atoms with Gasteiger partial charge in [0.25, 0.3) is 0 Å². The number of rotatable bonds is 2. The summed E-state index contributed by atoms with van der Waals surface area (Å²) in [6.45, 7) is 2.76. The second kappa shape index (κ2) is 4.94. The molecule has 5 heteroatoms. The fourth-order valence-corrected chi connectivity index (χ4v) is 2.08. The summed E-state index contributed by atoms with van der Waals surface area (Å²) in [6.07, 6.45) is 0.389. The molecule has 0 bridgehead atoms. The van der Waals surface area contributed by atoms with Crippen LogP contribution in [0.5, 0.6) is 0 Å². The zero-order valence-electron chi connectivity index (χ0n) is 9.65. The molecular formula is C12H15ClN2O2. The summed E-state index contributed by atoms with van der Waals surface area (Å²) in [7, 11) is 0. The minimum atomic E-state index is -0.355. The highest BCUT2D eigenvalue weighted by molar-refractivity contribution is 6.31. The van der Waals surface area contributed by atoms with Crippen molar-refractivity contribution in [1.82, 2.24) is 0 Å². The molecule has 0 saturated carbocycles. The number of nitrogens with two attached hydrogens (primary N) is 1. The molecular weight excluding hydrogens is 240 g/mol. The van der Waals surface area contributed by atoms with E-state index in [4.69, 9.17) is 22.1 Å². The molecule has 1 aromatic rings. The van der Waals surface area contributed by atoms with Crippen LogP contribution in [-0.2, 0) is 4.74 Å². The number of ether oxygens (including phenoxy) is 1. The topological polar surface area (TPSA) is 55.6 Å². The molecule has 4 nitrogen and oxygen atoms in total. The number of benzene rings is 1. The van der Waals surface area contributed by atoms with Gasteiger partial charge in [-0.05, 0) is 24.6 Å². The normalized spacial score (nSPS) is 20.3. The van der Waals surface area contributed by atoms with Gasteiger partial charge in [-0.2, -0.15) is 0 Å². The van der Waals surface area contributed by atoms with E-state index in [1.54, 1.807) is 11.0 Å². The molecule has 0 aromatic heterocycles. The van der Waals surface area contributed by atoms with Crippen molar-refractivity contribution in [1.29, 1.82) is 0 Å². The Morgan fingerprint density at radius 2 is 2.35 bits per heavy atom. The Balaban J connectivity index is 2.34. The van der Waals surface area contributed by atoms with Crippen LogP contribution >= 0.6 is 11.6 Å². The summed E-state index contributed by atoms with van der Waals surface area (Å²) in [6, 6.07) is 5.49. The van der Waals surface area contributed by atoms with Crippen molar-refractivity contribution in [3.05, 3.63) is 28.8 Å². The maximum Gasteiger partial charge on any atom is 0.414 e. The lowest BCUT2D eigenvalue weighted by molar-refractivity contribution is 0.130. The van der Waals surface area contributed by atoms with Gasteiger partial charge in [0.05, 0.1) is 12.6 Å². The predicted octanol–water partition coefficient (Wildman–Crippen LogP) is 2.32. The number of nitrogens with zero attached hydrogens (tertiary/aromatic N) is 1. The molecule has 1 saturated heterocycles. The predicted molar refractivity (Wildman–Crippen MR) is 67.5 cm³/mol. The highest BCUT2D eigenvalue weighted by Crippen LogP contribution is 2.27. The summed E-state index contributed by atoms with van der Waals surface area (Å²) < 4.78 is 5.04. The van der Waals surface area contributed by atoms with E-state index >= 15 is 0 Å². The number of carbonyl (C=O) groups is 1. The minimum Gasteiger partial charge on any atom is -0.449 e. The Morgan fingerprint density at radius 3 is 3.00 bits per heavy atom. The first-order valence-electron chi connectivity index (χ1n) is 5.55. The maximum absolute atomic E-state index is 11.8. The van der Waals surface area contributed by atoms with Crippen LogP contribution in [0.4, 0.5) is 10.5 Å². The van der Waals surface area contributed by atoms with Crippen molar-refractivity contribution in [2.75, 3.05) is 18.1 Å². The molecule has 1 heterocycles. The van der Waals surface area contributed by atoms with Gasteiger partial charge in [0.1, 0.15) is 0 Å². The number of halogens is 1. The van der Waals surface area contributed by atoms with Gasteiger partial charge in [-0.15, -0.1) is 0 Å². The van der Waals surface area contributed by atoms with Crippen LogP contribution in [0.25, 0.3) is 0 Å². The molecule has 1 aliphatic rings. The summed E-state index contributed by atoms with van der Waals surface area (Å²) >= 11 is 6.06. The van der Waals surface area contributed by atoms with E-state index in [1.807, 2.05) is 19.1 Å². The highest BCUT2D eigenvalue weighted by Gasteiger charge is 2.30. The molecule has 1 aromatic carbocycles. The summed E-state index contributed by atoms with van der Waals surface area (Å²) in [4.78, 5) is 13.3. The third-order valence-electron chi connectivity index (χ3n) is 2.94. The van der Waals surface area contributed by atoms with Gasteiger partial charge < -0.3 is 10.5 Å². The fourth-order valence-electron chi connectivity index (χ4n) is 1.90. The van der Waals surface area contributed by atoms with Gasteiger partial charge >= 0.3 is 6.09 Å². The van der Waals surface area contributed by atoms with Gasteiger partial charge in [-0.25, -0.2) is 4.79 Å². The molecule has 0 spiro atoms. The molecule has 0 radical (unpaired) electrons. The maximum atomic E-state index is 11.8. The van der Waals surface area contributed by atoms with E-state index < -0.39 is 0 Å². The Hall–Kier alpha value is -1.26. The molecule has 0 aliphatic carbocycles. The molecule has 17 heavy (non-hydrogen) atoms. The number of hydrogen-bond acceptors (Lipinski definition) is 3. The molecule has 1 unspecified atom stereocenters. The van der Waals surface area contributed by atoms with Crippen LogP contribution in [0.15, 0.2) is 18.2 Å². The van der Waals surface area contributed by atoms with E-state index in [9.17, 15) is 4.79 Å². The third-order valence-corrected chi connectivity index (χ3v) is 3.35. The quantitative estimate of drug-likeness (QED) is 0.881. The van der Waals surface area contributed by atoms with Crippen molar-refractivity contribution >= 4 is 23.4 Å². The Kier molecular flexibility index (Phi) is 3.54. The lowest BCUT2D eigenvalue weighted by Crippen LogP contribution is -2.49. The van der Waals surface area contributed by atoms with Crippen molar-refractivity contribution in [2.45, 2.75) is 19.4 Å². The largest absolute Gasteiger partial charge is 0.449 e. The van der Waals surface area contributed by atoms with E-state index in [0.29, 0.717) is 18.2 Å². The van der Waals surface area contributed by atoms with Crippen LogP contribution in [0.2, 0.25) is 5.02 Å². The Bertz CT molecular complexity index is 437. The smallest absolute Gasteiger partial charge is 0.414 e. The second-order valence-corrected chi connectivity index (χ2v) is 4.50. The van der Waals surface area contributed by atoms with E-state index in [0.717, 1.165) is 17.7 Å². The summed E-state index contributed by atoms with van der Waals surface area (Å²) in [5.41, 5.74) is 7.39. The van der Waals surface area contributed by atoms with Crippen molar-refractivity contribution in [3.8, 4) is 0 Å². The second-order valence-electron chi connectivity index (χ2n) is 4.10. The third kappa shape index (κ3) is 2.37. The number of aryl methyl sites for hydroxylation is 1. The number of carbonyl (C=O) groups excluding carboxylic acids is 1. The van der Waals surface area contributed by atoms with Crippen LogP contribution in [0, 0.1) is 6.92 Å². The van der Waals surface area contributed by atoms with Crippen LogP contribution in [-0.4, -0.2) is 25.3 Å². The van der Waals surface area contributed by atoms with Crippen molar-refractivity contribution in [3.63, 3.8) is 0 Å². The van der Waals surface area contributed by atoms with Crippen LogP contribution in [0.3, 0.4) is 0 Å². The minimum absolute atomic E-state index is 0.0185. The first-order valence-corrected chi connectivity index (χ1v) is 5.93. The first kappa shape index (κ1) is 12.2. The highest BCUT2D eigenvalue weighted by atomic mass is 35.5. The molecule has 2 N–H and O–H groups in total. The van der Waals surface area contributed by atoms with Gasteiger partial charge in [-0.3, -0.25) is 4.90 Å². The summed E-state index contributed by atoms with van der Waals surface area (Å²) in [5, 5.41) is 0.636. The number of hydrogen-bond donors (Lipinski definition) is 1. The van der Waals surface area contributed by atoms with Gasteiger partial charge in [-0.1, -0.05) is 17.7 Å². The van der Waals surface area contributed by atoms with E-state index in [1.165, 1.54) is 0 Å². The molecule has 1 fully saturated rings. The van der Waals surface area contributed by atoms with Crippen molar-refractivity contribution < 1.29 is 9.53 Å². The van der Waals surface area contributed by atoms with Crippen molar-refractivity contribution in [2.24, 2.45) is 5.73 Å². The molecule has 1 amide bonds. The lowest BCUT2D eigenvalue weighted by atomic mass is 10.1. The van der Waals surface area contributed by atoms with E-state index in [-0.39, 0.29) is 12.1 Å². The average Bonchev–Trinajstić information content (AvgIpc) is 2.32. The number of cyclic esters (lactones) is 1. The molecule has 2 rings (SSSR count). The Morgan fingerprint density at radius 1 is 1.59 bits per heavy atom.